The number of hydrogen-bond acceptors (Lipinski definition) is 4. The number of benzene rings is 2. The Morgan fingerprint density at radius 3 is 2.43 bits per heavy atom. The van der Waals surface area contributed by atoms with Crippen LogP contribution in [0.2, 0.25) is 10.0 Å². The van der Waals surface area contributed by atoms with Crippen LogP contribution < -0.4 is 10.1 Å². The molecule has 1 aliphatic heterocycles. The van der Waals surface area contributed by atoms with Crippen molar-refractivity contribution >= 4 is 29.1 Å². The lowest BCUT2D eigenvalue weighted by molar-refractivity contribution is 0.0763. The number of halogens is 2. The summed E-state index contributed by atoms with van der Waals surface area (Å²) in [5.41, 5.74) is 1.59. The highest BCUT2D eigenvalue weighted by Gasteiger charge is 2.20. The van der Waals surface area contributed by atoms with Gasteiger partial charge in [0.2, 0.25) is 0 Å². The average molecular weight is 422 g/mol. The molecule has 0 bridgehead atoms. The molecule has 5 nitrogen and oxygen atoms in total. The molecule has 0 spiro atoms. The molecule has 1 atom stereocenters. The highest BCUT2D eigenvalue weighted by molar-refractivity contribution is 6.35. The summed E-state index contributed by atoms with van der Waals surface area (Å²) >= 11 is 12.0. The molecule has 0 saturated carbocycles. The molecule has 1 unspecified atom stereocenters. The van der Waals surface area contributed by atoms with E-state index in [-0.39, 0.29) is 12.1 Å². The first kappa shape index (κ1) is 20.9. The topological polar surface area (TPSA) is 44.8 Å². The van der Waals surface area contributed by atoms with Crippen molar-refractivity contribution in [3.8, 4) is 5.75 Å². The Hall–Kier alpha value is -1.79. The Labute approximate surface area is 176 Å². The van der Waals surface area contributed by atoms with Crippen LogP contribution in [0.5, 0.6) is 5.75 Å². The van der Waals surface area contributed by atoms with Crippen LogP contribution in [0.15, 0.2) is 42.5 Å². The molecular weight excluding hydrogens is 397 g/mol. The van der Waals surface area contributed by atoms with Crippen LogP contribution in [0.1, 0.15) is 22.8 Å². The molecule has 150 valence electrons. The first-order chi connectivity index (χ1) is 13.4. The van der Waals surface area contributed by atoms with E-state index >= 15 is 0 Å². The second-order valence-electron chi connectivity index (χ2n) is 7.05. The van der Waals surface area contributed by atoms with Gasteiger partial charge in [0.1, 0.15) is 12.4 Å². The summed E-state index contributed by atoms with van der Waals surface area (Å²) in [7, 11) is 2.12. The van der Waals surface area contributed by atoms with E-state index < -0.39 is 0 Å². The fraction of sp³-hybridized carbons (Fsp3) is 0.381. The van der Waals surface area contributed by atoms with E-state index in [0.717, 1.165) is 31.7 Å². The van der Waals surface area contributed by atoms with E-state index in [2.05, 4.69) is 22.2 Å². The first-order valence-corrected chi connectivity index (χ1v) is 10.1. The Balaban J connectivity index is 1.52. The van der Waals surface area contributed by atoms with Crippen molar-refractivity contribution in [1.82, 2.24) is 15.1 Å². The number of rotatable bonds is 6. The zero-order valence-corrected chi connectivity index (χ0v) is 17.6. The molecule has 1 N–H and O–H groups in total. The Bertz CT molecular complexity index is 806. The van der Waals surface area contributed by atoms with Gasteiger partial charge in [0.25, 0.3) is 5.91 Å². The minimum Gasteiger partial charge on any atom is -0.487 e. The molecule has 0 aromatic heterocycles. The number of carbonyl (C=O) groups is 1. The predicted molar refractivity (Wildman–Crippen MR) is 113 cm³/mol. The van der Waals surface area contributed by atoms with Crippen LogP contribution in [0, 0.1) is 0 Å². The molecule has 1 fully saturated rings. The fourth-order valence-electron chi connectivity index (χ4n) is 3.08. The second kappa shape index (κ2) is 9.61. The molecule has 7 heteroatoms. The van der Waals surface area contributed by atoms with Crippen LogP contribution in [0.4, 0.5) is 0 Å². The number of carbonyl (C=O) groups excluding carboxylic acids is 1. The maximum absolute atomic E-state index is 12.5. The van der Waals surface area contributed by atoms with E-state index in [9.17, 15) is 4.79 Å². The van der Waals surface area contributed by atoms with Gasteiger partial charge in [0.15, 0.2) is 0 Å². The molecule has 3 rings (SSSR count). The molecule has 1 heterocycles. The molecule has 1 aliphatic rings. The number of hydrogen-bond donors (Lipinski definition) is 1. The average Bonchev–Trinajstić information content (AvgIpc) is 2.68. The number of piperazine rings is 1. The number of nitrogens with zero attached hydrogens (tertiary/aromatic N) is 2. The maximum Gasteiger partial charge on any atom is 0.252 e. The van der Waals surface area contributed by atoms with Crippen molar-refractivity contribution < 1.29 is 9.53 Å². The molecule has 0 radical (unpaired) electrons. The van der Waals surface area contributed by atoms with Gasteiger partial charge in [0, 0.05) is 36.8 Å². The van der Waals surface area contributed by atoms with Crippen molar-refractivity contribution in [1.29, 1.82) is 0 Å². The van der Waals surface area contributed by atoms with E-state index in [1.54, 1.807) is 18.2 Å². The van der Waals surface area contributed by atoms with E-state index in [4.69, 9.17) is 27.9 Å². The van der Waals surface area contributed by atoms with E-state index in [0.29, 0.717) is 28.0 Å². The standard InChI is InChI=1S/C21H25Cl2N3O2/c1-15(26-11-9-25(2)10-12-26)24-21(27)17-5-3-16(4-6-17)14-28-20-8-7-18(22)13-19(20)23/h3-8,13,15H,9-12,14H2,1-2H3,(H,24,27). The summed E-state index contributed by atoms with van der Waals surface area (Å²) in [4.78, 5) is 17.1. The Morgan fingerprint density at radius 1 is 1.11 bits per heavy atom. The third-order valence-corrected chi connectivity index (χ3v) is 5.46. The lowest BCUT2D eigenvalue weighted by Gasteiger charge is -2.36. The highest BCUT2D eigenvalue weighted by atomic mass is 35.5. The zero-order valence-electron chi connectivity index (χ0n) is 16.1. The van der Waals surface area contributed by atoms with Crippen molar-refractivity contribution in [3.05, 3.63) is 63.6 Å². The second-order valence-corrected chi connectivity index (χ2v) is 7.89. The SMILES string of the molecule is CC(NC(=O)c1ccc(COc2ccc(Cl)cc2Cl)cc1)N1CCN(C)CC1. The molecule has 1 saturated heterocycles. The lowest BCUT2D eigenvalue weighted by Crippen LogP contribution is -2.53. The van der Waals surface area contributed by atoms with Crippen LogP contribution in [0.3, 0.4) is 0 Å². The summed E-state index contributed by atoms with van der Waals surface area (Å²) in [6, 6.07) is 12.5. The predicted octanol–water partition coefficient (Wildman–Crippen LogP) is 3.90. The quantitative estimate of drug-likeness (QED) is 0.767. The largest absolute Gasteiger partial charge is 0.487 e. The van der Waals surface area contributed by atoms with Gasteiger partial charge in [-0.25, -0.2) is 0 Å². The van der Waals surface area contributed by atoms with Crippen LogP contribution in [0.25, 0.3) is 0 Å². The van der Waals surface area contributed by atoms with Crippen molar-refractivity contribution in [2.45, 2.75) is 19.7 Å². The van der Waals surface area contributed by atoms with Crippen LogP contribution in [-0.4, -0.2) is 55.1 Å². The molecular formula is C21H25Cl2N3O2. The molecule has 28 heavy (non-hydrogen) atoms. The van der Waals surface area contributed by atoms with Gasteiger partial charge >= 0.3 is 0 Å². The van der Waals surface area contributed by atoms with Crippen LogP contribution in [-0.2, 0) is 6.61 Å². The van der Waals surface area contributed by atoms with Crippen molar-refractivity contribution in [2.75, 3.05) is 33.2 Å². The smallest absolute Gasteiger partial charge is 0.252 e. The summed E-state index contributed by atoms with van der Waals surface area (Å²) in [6.45, 7) is 6.35. The third-order valence-electron chi connectivity index (χ3n) is 4.93. The van der Waals surface area contributed by atoms with Gasteiger partial charge < -0.3 is 15.0 Å². The minimum absolute atomic E-state index is 0.0104. The third kappa shape index (κ3) is 5.61. The number of nitrogens with one attached hydrogen (secondary N) is 1. The van der Waals surface area contributed by atoms with Gasteiger partial charge in [-0.15, -0.1) is 0 Å². The van der Waals surface area contributed by atoms with Crippen molar-refractivity contribution in [3.63, 3.8) is 0 Å². The van der Waals surface area contributed by atoms with Gasteiger partial charge in [-0.3, -0.25) is 9.69 Å². The molecule has 2 aromatic rings. The normalized spacial score (nSPS) is 16.6. The summed E-state index contributed by atoms with van der Waals surface area (Å²) in [5, 5.41) is 4.12. The Morgan fingerprint density at radius 2 is 1.79 bits per heavy atom. The minimum atomic E-state index is -0.0698. The lowest BCUT2D eigenvalue weighted by atomic mass is 10.1. The monoisotopic (exact) mass is 421 g/mol. The molecule has 1 amide bonds. The number of ether oxygens (including phenoxy) is 1. The Kier molecular flexibility index (Phi) is 7.18. The van der Waals surface area contributed by atoms with Crippen molar-refractivity contribution in [2.24, 2.45) is 0 Å². The highest BCUT2D eigenvalue weighted by Crippen LogP contribution is 2.28. The zero-order chi connectivity index (χ0) is 20.1. The number of amides is 1. The van der Waals surface area contributed by atoms with Crippen LogP contribution >= 0.6 is 23.2 Å². The number of likely N-dealkylation sites (N-methyl/N-ethyl adjacent to an activating group) is 1. The van der Waals surface area contributed by atoms with Gasteiger partial charge in [0.05, 0.1) is 11.2 Å². The first-order valence-electron chi connectivity index (χ1n) is 9.32. The summed E-state index contributed by atoms with van der Waals surface area (Å²) in [6.07, 6.45) is 0.0104. The fourth-order valence-corrected chi connectivity index (χ4v) is 3.54. The molecule has 0 aliphatic carbocycles. The van der Waals surface area contributed by atoms with Gasteiger partial charge in [-0.1, -0.05) is 35.3 Å². The summed E-state index contributed by atoms with van der Waals surface area (Å²) in [5.74, 6) is 0.508. The molecule has 2 aromatic carbocycles. The summed E-state index contributed by atoms with van der Waals surface area (Å²) < 4.78 is 5.73. The van der Waals surface area contributed by atoms with E-state index in [1.165, 1.54) is 0 Å². The van der Waals surface area contributed by atoms with Gasteiger partial charge in [-0.2, -0.15) is 0 Å². The maximum atomic E-state index is 12.5. The van der Waals surface area contributed by atoms with Gasteiger partial charge in [-0.05, 0) is 49.9 Å². The van der Waals surface area contributed by atoms with E-state index in [1.807, 2.05) is 31.2 Å².